The van der Waals surface area contributed by atoms with Gasteiger partial charge in [-0.1, -0.05) is 26.0 Å². The third-order valence-electron chi connectivity index (χ3n) is 6.45. The van der Waals surface area contributed by atoms with Gasteiger partial charge in [0.05, 0.1) is 37.8 Å². The number of amides is 1. The maximum atomic E-state index is 13.7. The van der Waals surface area contributed by atoms with E-state index in [0.717, 1.165) is 38.5 Å². The lowest BCUT2D eigenvalue weighted by molar-refractivity contribution is -0.137. The van der Waals surface area contributed by atoms with Gasteiger partial charge in [-0.2, -0.15) is 17.5 Å². The molecule has 0 aliphatic rings. The minimum Gasteiger partial charge on any atom is -0.493 e. The van der Waals surface area contributed by atoms with E-state index in [4.69, 9.17) is 9.47 Å². The van der Waals surface area contributed by atoms with E-state index in [9.17, 15) is 26.4 Å². The summed E-state index contributed by atoms with van der Waals surface area (Å²) in [5, 5.41) is 1.92. The van der Waals surface area contributed by atoms with Gasteiger partial charge in [0.25, 0.3) is 0 Å². The summed E-state index contributed by atoms with van der Waals surface area (Å²) in [5.41, 5.74) is 0.827. The second kappa shape index (κ2) is 13.7. The Bertz CT molecular complexity index is 1440. The molecule has 1 aromatic heterocycles. The number of rotatable bonds is 13. The molecule has 0 N–H and O–H groups in total. The van der Waals surface area contributed by atoms with Crippen LogP contribution in [0.3, 0.4) is 0 Å². The van der Waals surface area contributed by atoms with Crippen LogP contribution in [0.1, 0.15) is 35.4 Å². The number of hydrogen-bond donors (Lipinski definition) is 0. The van der Waals surface area contributed by atoms with Gasteiger partial charge in [-0.25, -0.2) is 8.42 Å². The SMILES string of the molecule is COc1ccc(CCN(Cc2sccc2C)C(=O)CN(CC(C)C)S(=O)(=O)c2cccc(C(F)(F)F)c2)cc1OC. The second-order valence-electron chi connectivity index (χ2n) is 10.00. The zero-order valence-corrected chi connectivity index (χ0v) is 25.3. The van der Waals surface area contributed by atoms with Crippen LogP contribution in [0.4, 0.5) is 13.2 Å². The molecular weight excluding hydrogens is 577 g/mol. The van der Waals surface area contributed by atoms with Crippen LogP contribution in [0.15, 0.2) is 58.8 Å². The molecule has 0 unspecified atom stereocenters. The quantitative estimate of drug-likeness (QED) is 0.236. The molecule has 0 bridgehead atoms. The molecule has 0 saturated heterocycles. The molecule has 1 amide bonds. The fraction of sp³-hybridized carbons (Fsp3) is 0.414. The highest BCUT2D eigenvalue weighted by molar-refractivity contribution is 7.89. The molecule has 0 saturated carbocycles. The molecule has 0 spiro atoms. The van der Waals surface area contributed by atoms with Crippen molar-refractivity contribution < 1.29 is 35.9 Å². The molecule has 224 valence electrons. The van der Waals surface area contributed by atoms with Crippen molar-refractivity contribution in [2.45, 2.75) is 44.8 Å². The van der Waals surface area contributed by atoms with E-state index in [2.05, 4.69) is 0 Å². The minimum absolute atomic E-state index is 0.0358. The largest absolute Gasteiger partial charge is 0.493 e. The van der Waals surface area contributed by atoms with E-state index in [0.29, 0.717) is 24.0 Å². The Morgan fingerprint density at radius 3 is 2.32 bits per heavy atom. The van der Waals surface area contributed by atoms with Crippen LogP contribution >= 0.6 is 11.3 Å². The molecule has 0 aliphatic carbocycles. The monoisotopic (exact) mass is 612 g/mol. The number of aryl methyl sites for hydroxylation is 1. The van der Waals surface area contributed by atoms with Gasteiger partial charge in [0.1, 0.15) is 0 Å². The van der Waals surface area contributed by atoms with Crippen molar-refractivity contribution >= 4 is 27.3 Å². The summed E-state index contributed by atoms with van der Waals surface area (Å²) in [6.07, 6.45) is -4.25. The topological polar surface area (TPSA) is 76.2 Å². The van der Waals surface area contributed by atoms with Crippen molar-refractivity contribution in [3.63, 3.8) is 0 Å². The first kappa shape index (κ1) is 32.4. The van der Waals surface area contributed by atoms with Gasteiger partial charge in [0.15, 0.2) is 11.5 Å². The van der Waals surface area contributed by atoms with E-state index in [1.165, 1.54) is 25.6 Å². The fourth-order valence-electron chi connectivity index (χ4n) is 4.22. The summed E-state index contributed by atoms with van der Waals surface area (Å²) in [6, 6.07) is 11.0. The van der Waals surface area contributed by atoms with Gasteiger partial charge in [-0.3, -0.25) is 4.79 Å². The fourth-order valence-corrected chi connectivity index (χ4v) is 6.74. The van der Waals surface area contributed by atoms with Crippen LogP contribution in [-0.2, 0) is 34.0 Å². The Balaban J connectivity index is 1.90. The van der Waals surface area contributed by atoms with Crippen molar-refractivity contribution in [1.82, 2.24) is 9.21 Å². The number of carbonyl (C=O) groups is 1. The minimum atomic E-state index is -4.70. The van der Waals surface area contributed by atoms with Gasteiger partial charge in [-0.05, 0) is 72.2 Å². The number of methoxy groups -OCH3 is 2. The lowest BCUT2D eigenvalue weighted by Crippen LogP contribution is -2.44. The van der Waals surface area contributed by atoms with Crippen LogP contribution in [0.2, 0.25) is 0 Å². The zero-order chi connectivity index (χ0) is 30.4. The number of nitrogens with zero attached hydrogens (tertiary/aromatic N) is 2. The molecule has 0 atom stereocenters. The molecule has 0 aliphatic heterocycles. The van der Waals surface area contributed by atoms with Gasteiger partial charge in [0.2, 0.25) is 15.9 Å². The predicted molar refractivity (Wildman–Crippen MR) is 153 cm³/mol. The van der Waals surface area contributed by atoms with Crippen molar-refractivity contribution in [2.75, 3.05) is 33.9 Å². The number of thiophene rings is 1. The smallest absolute Gasteiger partial charge is 0.416 e. The average Bonchev–Trinajstić information content (AvgIpc) is 3.33. The first-order chi connectivity index (χ1) is 19.3. The molecule has 3 aromatic rings. The molecule has 7 nitrogen and oxygen atoms in total. The summed E-state index contributed by atoms with van der Waals surface area (Å²) in [4.78, 5) is 15.8. The van der Waals surface area contributed by atoms with Gasteiger partial charge in [0, 0.05) is 18.0 Å². The van der Waals surface area contributed by atoms with Crippen LogP contribution in [0.5, 0.6) is 11.5 Å². The van der Waals surface area contributed by atoms with Crippen molar-refractivity contribution in [1.29, 1.82) is 0 Å². The summed E-state index contributed by atoms with van der Waals surface area (Å²) >= 11 is 1.49. The molecule has 0 radical (unpaired) electrons. The number of sulfonamides is 1. The first-order valence-electron chi connectivity index (χ1n) is 12.9. The lowest BCUT2D eigenvalue weighted by atomic mass is 10.1. The predicted octanol–water partition coefficient (Wildman–Crippen LogP) is 6.01. The number of carbonyl (C=O) groups excluding carboxylic acids is 1. The van der Waals surface area contributed by atoms with Crippen molar-refractivity contribution in [3.8, 4) is 11.5 Å². The standard InChI is InChI=1S/C29H35F3N2O5S2/c1-20(2)17-34(41(36,37)24-8-6-7-23(16-24)29(30,31)32)19-28(35)33(18-27-21(3)12-14-40-27)13-11-22-9-10-25(38-4)26(15-22)39-5/h6-10,12,14-16,20H,11,13,17-19H2,1-5H3. The lowest BCUT2D eigenvalue weighted by Gasteiger charge is -2.28. The number of ether oxygens (including phenoxy) is 2. The number of hydrogen-bond acceptors (Lipinski definition) is 6. The van der Waals surface area contributed by atoms with Gasteiger partial charge >= 0.3 is 6.18 Å². The van der Waals surface area contributed by atoms with Crippen LogP contribution in [0, 0.1) is 12.8 Å². The maximum absolute atomic E-state index is 13.7. The van der Waals surface area contributed by atoms with Crippen LogP contribution in [-0.4, -0.2) is 57.4 Å². The molecule has 0 fully saturated rings. The molecule has 41 heavy (non-hydrogen) atoms. The van der Waals surface area contributed by atoms with E-state index in [1.54, 1.807) is 24.8 Å². The zero-order valence-electron chi connectivity index (χ0n) is 23.7. The van der Waals surface area contributed by atoms with E-state index >= 15 is 0 Å². The van der Waals surface area contributed by atoms with Crippen LogP contribution < -0.4 is 9.47 Å². The Labute approximate surface area is 243 Å². The average molecular weight is 613 g/mol. The van der Waals surface area contributed by atoms with E-state index in [1.807, 2.05) is 30.5 Å². The Hall–Kier alpha value is -3.09. The second-order valence-corrected chi connectivity index (χ2v) is 12.9. The summed E-state index contributed by atoms with van der Waals surface area (Å²) in [6.45, 7) is 5.51. The third-order valence-corrected chi connectivity index (χ3v) is 9.27. The van der Waals surface area contributed by atoms with Gasteiger partial charge < -0.3 is 14.4 Å². The van der Waals surface area contributed by atoms with E-state index in [-0.39, 0.29) is 25.6 Å². The van der Waals surface area contributed by atoms with Crippen LogP contribution in [0.25, 0.3) is 0 Å². The molecule has 3 rings (SSSR count). The normalized spacial score (nSPS) is 12.1. The summed E-state index contributed by atoms with van der Waals surface area (Å²) in [7, 11) is -1.33. The first-order valence-corrected chi connectivity index (χ1v) is 15.3. The highest BCUT2D eigenvalue weighted by atomic mass is 32.2. The third kappa shape index (κ3) is 8.46. The highest BCUT2D eigenvalue weighted by Crippen LogP contribution is 2.32. The Kier molecular flexibility index (Phi) is 10.8. The maximum Gasteiger partial charge on any atom is 0.416 e. The molecule has 1 heterocycles. The number of alkyl halides is 3. The Morgan fingerprint density at radius 1 is 1.02 bits per heavy atom. The van der Waals surface area contributed by atoms with Crippen molar-refractivity contribution in [3.05, 3.63) is 75.5 Å². The number of benzene rings is 2. The summed E-state index contributed by atoms with van der Waals surface area (Å²) < 4.78 is 78.7. The van der Waals surface area contributed by atoms with E-state index < -0.39 is 39.1 Å². The summed E-state index contributed by atoms with van der Waals surface area (Å²) in [5.74, 6) is 0.493. The number of halogens is 3. The molecular formula is C29H35F3N2O5S2. The molecule has 2 aromatic carbocycles. The molecule has 12 heteroatoms. The van der Waals surface area contributed by atoms with Gasteiger partial charge in [-0.15, -0.1) is 11.3 Å². The highest BCUT2D eigenvalue weighted by Gasteiger charge is 2.34. The Morgan fingerprint density at radius 2 is 1.73 bits per heavy atom. The van der Waals surface area contributed by atoms with Crippen molar-refractivity contribution in [2.24, 2.45) is 5.92 Å².